The van der Waals surface area contributed by atoms with Crippen molar-refractivity contribution in [3.8, 4) is 5.75 Å². The fraction of sp³-hybridized carbons (Fsp3) is 0.400. The summed E-state index contributed by atoms with van der Waals surface area (Å²) in [6, 6.07) is 5.91. The lowest BCUT2D eigenvalue weighted by atomic mass is 10.2. The molecule has 0 bridgehead atoms. The topological polar surface area (TPSA) is 39.1 Å². The van der Waals surface area contributed by atoms with Crippen molar-refractivity contribution in [2.45, 2.75) is 19.9 Å². The van der Waals surface area contributed by atoms with E-state index in [9.17, 15) is 0 Å². The van der Waals surface area contributed by atoms with Crippen molar-refractivity contribution in [3.63, 3.8) is 0 Å². The van der Waals surface area contributed by atoms with Crippen LogP contribution in [0, 0.1) is 0 Å². The maximum atomic E-state index is 6.22. The summed E-state index contributed by atoms with van der Waals surface area (Å²) in [5, 5.41) is 8.06. The molecule has 0 fully saturated rings. The van der Waals surface area contributed by atoms with Crippen molar-refractivity contribution in [3.05, 3.63) is 46.7 Å². The molecule has 0 amide bonds. The molecule has 4 nitrogen and oxygen atoms in total. The van der Waals surface area contributed by atoms with Gasteiger partial charge in [-0.15, -0.1) is 0 Å². The highest BCUT2D eigenvalue weighted by atomic mass is 35.5. The predicted octanol–water partition coefficient (Wildman–Crippen LogP) is 2.80. The first-order chi connectivity index (χ1) is 9.69. The smallest absolute Gasteiger partial charge is 0.137 e. The molecule has 0 unspecified atom stereocenters. The van der Waals surface area contributed by atoms with Crippen LogP contribution in [0.3, 0.4) is 0 Å². The van der Waals surface area contributed by atoms with Crippen LogP contribution >= 0.6 is 11.6 Å². The number of nitrogens with zero attached hydrogens (tertiary/aromatic N) is 2. The van der Waals surface area contributed by atoms with E-state index in [1.165, 1.54) is 0 Å². The van der Waals surface area contributed by atoms with Crippen LogP contribution in [0.2, 0.25) is 5.02 Å². The molecule has 0 saturated carbocycles. The molecule has 0 aliphatic rings. The Kier molecular flexibility index (Phi) is 5.44. The molecule has 5 heteroatoms. The summed E-state index contributed by atoms with van der Waals surface area (Å²) in [6.45, 7) is 4.45. The van der Waals surface area contributed by atoms with E-state index in [2.05, 4.69) is 17.3 Å². The third kappa shape index (κ3) is 4.25. The van der Waals surface area contributed by atoms with Gasteiger partial charge in [-0.2, -0.15) is 5.10 Å². The first-order valence-electron chi connectivity index (χ1n) is 6.78. The van der Waals surface area contributed by atoms with E-state index in [1.54, 1.807) is 4.68 Å². The monoisotopic (exact) mass is 293 g/mol. The SMILES string of the molecule is CCNCc1ccc(OCCc2cnn(C)c2)c(Cl)c1. The minimum absolute atomic E-state index is 0.595. The summed E-state index contributed by atoms with van der Waals surface area (Å²) in [6.07, 6.45) is 4.66. The molecule has 1 aromatic heterocycles. The standard InChI is InChI=1S/C15H20ClN3O/c1-3-17-9-12-4-5-15(14(16)8-12)20-7-6-13-10-18-19(2)11-13/h4-5,8,10-11,17H,3,6-7,9H2,1-2H3. The first-order valence-corrected chi connectivity index (χ1v) is 7.16. The lowest BCUT2D eigenvalue weighted by Gasteiger charge is -2.09. The lowest BCUT2D eigenvalue weighted by Crippen LogP contribution is -2.11. The second-order valence-corrected chi connectivity index (χ2v) is 5.07. The van der Waals surface area contributed by atoms with Gasteiger partial charge < -0.3 is 10.1 Å². The van der Waals surface area contributed by atoms with Gasteiger partial charge in [-0.25, -0.2) is 0 Å². The summed E-state index contributed by atoms with van der Waals surface area (Å²) < 4.78 is 7.51. The van der Waals surface area contributed by atoms with E-state index >= 15 is 0 Å². The summed E-state index contributed by atoms with van der Waals surface area (Å²) >= 11 is 6.22. The van der Waals surface area contributed by atoms with E-state index in [1.807, 2.05) is 37.6 Å². The highest BCUT2D eigenvalue weighted by Gasteiger charge is 2.04. The van der Waals surface area contributed by atoms with Gasteiger partial charge in [0.2, 0.25) is 0 Å². The van der Waals surface area contributed by atoms with Gasteiger partial charge >= 0.3 is 0 Å². The zero-order valence-corrected chi connectivity index (χ0v) is 12.7. The molecule has 20 heavy (non-hydrogen) atoms. The van der Waals surface area contributed by atoms with Crippen LogP contribution in [0.1, 0.15) is 18.1 Å². The molecule has 108 valence electrons. The zero-order valence-electron chi connectivity index (χ0n) is 11.9. The fourth-order valence-electron chi connectivity index (χ4n) is 1.92. The van der Waals surface area contributed by atoms with Gasteiger partial charge in [-0.05, 0) is 29.8 Å². The molecule has 0 radical (unpaired) electrons. The van der Waals surface area contributed by atoms with E-state index in [4.69, 9.17) is 16.3 Å². The summed E-state index contributed by atoms with van der Waals surface area (Å²) in [5.74, 6) is 0.732. The normalized spacial score (nSPS) is 10.8. The van der Waals surface area contributed by atoms with Crippen molar-refractivity contribution in [2.75, 3.05) is 13.2 Å². The Labute approximate surface area is 124 Å². The average molecular weight is 294 g/mol. The number of benzene rings is 1. The van der Waals surface area contributed by atoms with Gasteiger partial charge in [-0.1, -0.05) is 24.6 Å². The number of ether oxygens (including phenoxy) is 1. The molecule has 2 aromatic rings. The summed E-state index contributed by atoms with van der Waals surface area (Å²) in [5.41, 5.74) is 2.32. The van der Waals surface area contributed by atoms with Gasteiger partial charge in [0, 0.05) is 26.2 Å². The third-order valence-corrected chi connectivity index (χ3v) is 3.28. The van der Waals surface area contributed by atoms with Crippen LogP contribution in [-0.4, -0.2) is 22.9 Å². The van der Waals surface area contributed by atoms with Gasteiger partial charge in [0.15, 0.2) is 0 Å². The van der Waals surface area contributed by atoms with Crippen LogP contribution in [-0.2, 0) is 20.0 Å². The number of halogens is 1. The number of hydrogen-bond acceptors (Lipinski definition) is 3. The summed E-state index contributed by atoms with van der Waals surface area (Å²) in [4.78, 5) is 0. The van der Waals surface area contributed by atoms with Crippen LogP contribution in [0.4, 0.5) is 0 Å². The Morgan fingerprint density at radius 2 is 2.20 bits per heavy atom. The Hall–Kier alpha value is -1.52. The van der Waals surface area contributed by atoms with Gasteiger partial charge in [0.1, 0.15) is 5.75 Å². The van der Waals surface area contributed by atoms with Gasteiger partial charge in [0.05, 0.1) is 17.8 Å². The molecular formula is C15H20ClN3O. The number of rotatable bonds is 7. The van der Waals surface area contributed by atoms with Crippen LogP contribution in [0.15, 0.2) is 30.6 Å². The minimum atomic E-state index is 0.595. The Bertz CT molecular complexity index is 554. The van der Waals surface area contributed by atoms with Crippen molar-refractivity contribution in [2.24, 2.45) is 7.05 Å². The zero-order chi connectivity index (χ0) is 14.4. The van der Waals surface area contributed by atoms with Gasteiger partial charge in [-0.3, -0.25) is 4.68 Å². The fourth-order valence-corrected chi connectivity index (χ4v) is 2.18. The molecule has 0 saturated heterocycles. The summed E-state index contributed by atoms with van der Waals surface area (Å²) in [7, 11) is 1.91. The van der Waals surface area contributed by atoms with Crippen LogP contribution in [0.5, 0.6) is 5.75 Å². The van der Waals surface area contributed by atoms with Crippen molar-refractivity contribution < 1.29 is 4.74 Å². The largest absolute Gasteiger partial charge is 0.492 e. The third-order valence-electron chi connectivity index (χ3n) is 2.98. The van der Waals surface area contributed by atoms with E-state index in [0.717, 1.165) is 36.4 Å². The molecule has 1 N–H and O–H groups in total. The molecule has 2 rings (SSSR count). The molecule has 0 atom stereocenters. The second-order valence-electron chi connectivity index (χ2n) is 4.67. The Morgan fingerprint density at radius 3 is 2.85 bits per heavy atom. The van der Waals surface area contributed by atoms with Crippen molar-refractivity contribution in [1.29, 1.82) is 0 Å². The average Bonchev–Trinajstić information content (AvgIpc) is 2.84. The molecule has 0 spiro atoms. The van der Waals surface area contributed by atoms with Crippen LogP contribution < -0.4 is 10.1 Å². The lowest BCUT2D eigenvalue weighted by molar-refractivity contribution is 0.322. The van der Waals surface area contributed by atoms with E-state index in [-0.39, 0.29) is 0 Å². The quantitative estimate of drug-likeness (QED) is 0.853. The molecule has 0 aliphatic heterocycles. The second kappa shape index (κ2) is 7.31. The number of aryl methyl sites for hydroxylation is 1. The Morgan fingerprint density at radius 1 is 1.35 bits per heavy atom. The molecule has 1 heterocycles. The van der Waals surface area contributed by atoms with Gasteiger partial charge in [0.25, 0.3) is 0 Å². The molecular weight excluding hydrogens is 274 g/mol. The van der Waals surface area contributed by atoms with Crippen molar-refractivity contribution in [1.82, 2.24) is 15.1 Å². The van der Waals surface area contributed by atoms with E-state index in [0.29, 0.717) is 11.6 Å². The Balaban J connectivity index is 1.86. The molecule has 1 aromatic carbocycles. The van der Waals surface area contributed by atoms with Crippen molar-refractivity contribution >= 4 is 11.6 Å². The highest BCUT2D eigenvalue weighted by Crippen LogP contribution is 2.25. The number of hydrogen-bond donors (Lipinski definition) is 1. The first kappa shape index (κ1) is 14.9. The highest BCUT2D eigenvalue weighted by molar-refractivity contribution is 6.32. The van der Waals surface area contributed by atoms with E-state index < -0.39 is 0 Å². The minimum Gasteiger partial charge on any atom is -0.492 e. The number of aromatic nitrogens is 2. The predicted molar refractivity (Wildman–Crippen MR) is 81.2 cm³/mol. The van der Waals surface area contributed by atoms with Crippen LogP contribution in [0.25, 0.3) is 0 Å². The maximum Gasteiger partial charge on any atom is 0.137 e. The maximum absolute atomic E-state index is 6.22. The number of nitrogens with one attached hydrogen (secondary N) is 1. The molecule has 0 aliphatic carbocycles.